The van der Waals surface area contributed by atoms with Crippen LogP contribution in [0.15, 0.2) is 0 Å². The van der Waals surface area contributed by atoms with Gasteiger partial charge in [-0.15, -0.1) is 12.4 Å². The topological polar surface area (TPSA) is 69.6 Å². The van der Waals surface area contributed by atoms with Gasteiger partial charge in [0.2, 0.25) is 5.91 Å². The maximum absolute atomic E-state index is 11.7. The summed E-state index contributed by atoms with van der Waals surface area (Å²) in [7, 11) is 0. The van der Waals surface area contributed by atoms with Gasteiger partial charge in [0.25, 0.3) is 0 Å². The van der Waals surface area contributed by atoms with Gasteiger partial charge in [-0.25, -0.2) is 0 Å². The lowest BCUT2D eigenvalue weighted by Crippen LogP contribution is -2.47. The Labute approximate surface area is 109 Å². The molecule has 0 heterocycles. The number of hydrogen-bond acceptors (Lipinski definition) is 3. The normalized spacial score (nSPS) is 11.8. The van der Waals surface area contributed by atoms with E-state index in [1.165, 1.54) is 0 Å². The van der Waals surface area contributed by atoms with Gasteiger partial charge < -0.3 is 10.4 Å². The van der Waals surface area contributed by atoms with Crippen LogP contribution in [0.3, 0.4) is 0 Å². The van der Waals surface area contributed by atoms with Crippen molar-refractivity contribution in [1.29, 1.82) is 0 Å². The fraction of sp³-hybridized carbons (Fsp3) is 0.818. The third-order valence-corrected chi connectivity index (χ3v) is 2.33. The molecule has 0 aromatic rings. The molecule has 0 aliphatic heterocycles. The molecule has 0 aromatic carbocycles. The van der Waals surface area contributed by atoms with Gasteiger partial charge in [-0.1, -0.05) is 13.8 Å². The fourth-order valence-corrected chi connectivity index (χ4v) is 1.43. The van der Waals surface area contributed by atoms with E-state index in [4.69, 9.17) is 5.11 Å². The molecule has 1 unspecified atom stereocenters. The van der Waals surface area contributed by atoms with E-state index >= 15 is 0 Å². The largest absolute Gasteiger partial charge is 0.480 e. The summed E-state index contributed by atoms with van der Waals surface area (Å²) in [6.45, 7) is 6.85. The number of carbonyl (C=O) groups is 2. The van der Waals surface area contributed by atoms with Crippen molar-refractivity contribution in [2.75, 3.05) is 19.6 Å². The van der Waals surface area contributed by atoms with E-state index < -0.39 is 5.97 Å². The van der Waals surface area contributed by atoms with E-state index in [2.05, 4.69) is 5.32 Å². The van der Waals surface area contributed by atoms with Crippen LogP contribution >= 0.6 is 12.4 Å². The summed E-state index contributed by atoms with van der Waals surface area (Å²) in [4.78, 5) is 24.0. The Bertz CT molecular complexity index is 237. The van der Waals surface area contributed by atoms with Gasteiger partial charge in [-0.05, 0) is 26.3 Å². The van der Waals surface area contributed by atoms with E-state index in [9.17, 15) is 9.59 Å². The minimum Gasteiger partial charge on any atom is -0.480 e. The zero-order chi connectivity index (χ0) is 12.6. The molecule has 0 aliphatic rings. The maximum Gasteiger partial charge on any atom is 0.317 e. The summed E-state index contributed by atoms with van der Waals surface area (Å²) in [5, 5.41) is 11.5. The number of nitrogens with zero attached hydrogens (tertiary/aromatic N) is 1. The van der Waals surface area contributed by atoms with Crippen molar-refractivity contribution in [2.24, 2.45) is 0 Å². The van der Waals surface area contributed by atoms with Crippen LogP contribution in [0.25, 0.3) is 0 Å². The van der Waals surface area contributed by atoms with Crippen molar-refractivity contribution < 1.29 is 14.7 Å². The third kappa shape index (κ3) is 7.99. The molecular weight excluding hydrogens is 244 g/mol. The Morgan fingerprint density at radius 2 is 1.88 bits per heavy atom. The molecule has 17 heavy (non-hydrogen) atoms. The van der Waals surface area contributed by atoms with Gasteiger partial charge in [0.05, 0.1) is 12.6 Å². The standard InChI is InChI=1S/C11H22N2O3.ClH/c1-4-6-12-11(16)9(3)13(7-5-2)8-10(14)15;/h9H,4-8H2,1-3H3,(H,12,16)(H,14,15);1H. The van der Waals surface area contributed by atoms with Crippen molar-refractivity contribution in [2.45, 2.75) is 39.7 Å². The second-order valence-corrected chi connectivity index (χ2v) is 3.83. The molecule has 0 aromatic heterocycles. The number of carboxylic acid groups (broad SMARTS) is 1. The lowest BCUT2D eigenvalue weighted by atomic mass is 10.2. The van der Waals surface area contributed by atoms with E-state index in [1.807, 2.05) is 13.8 Å². The second kappa shape index (κ2) is 10.4. The zero-order valence-electron chi connectivity index (χ0n) is 10.7. The maximum atomic E-state index is 11.7. The molecule has 102 valence electrons. The van der Waals surface area contributed by atoms with Crippen LogP contribution in [0, 0.1) is 0 Å². The third-order valence-electron chi connectivity index (χ3n) is 2.33. The molecule has 0 spiro atoms. The minimum absolute atomic E-state index is 0. The number of carboxylic acids is 1. The predicted octanol–water partition coefficient (Wildman–Crippen LogP) is 1.12. The summed E-state index contributed by atoms with van der Waals surface area (Å²) in [5.41, 5.74) is 0. The molecule has 2 N–H and O–H groups in total. The van der Waals surface area contributed by atoms with Crippen molar-refractivity contribution in [3.63, 3.8) is 0 Å². The SMILES string of the molecule is CCCNC(=O)C(C)N(CCC)CC(=O)O.Cl. The first-order valence-electron chi connectivity index (χ1n) is 5.76. The van der Waals surface area contributed by atoms with Crippen LogP contribution in [-0.2, 0) is 9.59 Å². The Morgan fingerprint density at radius 3 is 2.29 bits per heavy atom. The first-order valence-corrected chi connectivity index (χ1v) is 5.76. The van der Waals surface area contributed by atoms with Crippen LogP contribution in [0.1, 0.15) is 33.6 Å². The highest BCUT2D eigenvalue weighted by atomic mass is 35.5. The summed E-state index contributed by atoms with van der Waals surface area (Å²) < 4.78 is 0. The van der Waals surface area contributed by atoms with E-state index in [1.54, 1.807) is 11.8 Å². The molecule has 0 saturated carbocycles. The van der Waals surface area contributed by atoms with Crippen LogP contribution in [0.4, 0.5) is 0 Å². The van der Waals surface area contributed by atoms with Gasteiger partial charge in [0.1, 0.15) is 0 Å². The minimum atomic E-state index is -0.899. The lowest BCUT2D eigenvalue weighted by molar-refractivity contribution is -0.139. The van der Waals surface area contributed by atoms with Gasteiger partial charge >= 0.3 is 5.97 Å². The lowest BCUT2D eigenvalue weighted by Gasteiger charge is -2.26. The van der Waals surface area contributed by atoms with Gasteiger partial charge in [-0.2, -0.15) is 0 Å². The number of hydrogen-bond donors (Lipinski definition) is 2. The summed E-state index contributed by atoms with van der Waals surface area (Å²) >= 11 is 0. The molecule has 1 atom stereocenters. The summed E-state index contributed by atoms with van der Waals surface area (Å²) in [6.07, 6.45) is 1.71. The summed E-state index contributed by atoms with van der Waals surface area (Å²) in [6, 6.07) is -0.386. The highest BCUT2D eigenvalue weighted by Gasteiger charge is 2.21. The first kappa shape index (κ1) is 18.6. The van der Waals surface area contributed by atoms with Crippen molar-refractivity contribution >= 4 is 24.3 Å². The molecule has 5 nitrogen and oxygen atoms in total. The van der Waals surface area contributed by atoms with Crippen LogP contribution < -0.4 is 5.32 Å². The van der Waals surface area contributed by atoms with Crippen LogP contribution in [-0.4, -0.2) is 47.6 Å². The molecule has 0 bridgehead atoms. The van der Waals surface area contributed by atoms with E-state index in [0.717, 1.165) is 12.8 Å². The van der Waals surface area contributed by atoms with Gasteiger partial charge in [-0.3, -0.25) is 14.5 Å². The number of halogens is 1. The molecule has 0 saturated heterocycles. The molecule has 6 heteroatoms. The number of carbonyl (C=O) groups excluding carboxylic acids is 1. The number of nitrogens with one attached hydrogen (secondary N) is 1. The van der Waals surface area contributed by atoms with Gasteiger partial charge in [0.15, 0.2) is 0 Å². The average Bonchev–Trinajstić information content (AvgIpc) is 2.23. The number of aliphatic carboxylic acids is 1. The Morgan fingerprint density at radius 1 is 1.29 bits per heavy atom. The highest BCUT2D eigenvalue weighted by molar-refractivity contribution is 5.85. The van der Waals surface area contributed by atoms with Crippen molar-refractivity contribution in [3.05, 3.63) is 0 Å². The fourth-order valence-electron chi connectivity index (χ4n) is 1.43. The quantitative estimate of drug-likeness (QED) is 0.691. The first-order chi connectivity index (χ1) is 7.52. The van der Waals surface area contributed by atoms with Crippen LogP contribution in [0.2, 0.25) is 0 Å². The Kier molecular flexibility index (Phi) is 11.3. The Hall–Kier alpha value is -0.810. The van der Waals surface area contributed by atoms with E-state index in [-0.39, 0.29) is 30.9 Å². The monoisotopic (exact) mass is 266 g/mol. The van der Waals surface area contributed by atoms with Crippen LogP contribution in [0.5, 0.6) is 0 Å². The zero-order valence-corrected chi connectivity index (χ0v) is 11.5. The Balaban J connectivity index is 0. The van der Waals surface area contributed by atoms with E-state index in [0.29, 0.717) is 13.1 Å². The van der Waals surface area contributed by atoms with Gasteiger partial charge in [0, 0.05) is 6.54 Å². The number of rotatable bonds is 8. The average molecular weight is 267 g/mol. The molecule has 0 fully saturated rings. The second-order valence-electron chi connectivity index (χ2n) is 3.83. The molecule has 0 aliphatic carbocycles. The molecule has 0 radical (unpaired) electrons. The molecular formula is C11H23ClN2O3. The molecule has 1 amide bonds. The summed E-state index contributed by atoms with van der Waals surface area (Å²) in [5.74, 6) is -1.000. The molecule has 0 rings (SSSR count). The highest BCUT2D eigenvalue weighted by Crippen LogP contribution is 2.00. The predicted molar refractivity (Wildman–Crippen MR) is 69.5 cm³/mol. The number of amides is 1. The van der Waals surface area contributed by atoms with Crippen molar-refractivity contribution in [3.8, 4) is 0 Å². The smallest absolute Gasteiger partial charge is 0.317 e. The van der Waals surface area contributed by atoms with Crippen molar-refractivity contribution in [1.82, 2.24) is 10.2 Å².